The summed E-state index contributed by atoms with van der Waals surface area (Å²) in [5, 5.41) is 392. The van der Waals surface area contributed by atoms with E-state index in [1.54, 1.807) is 0 Å². The van der Waals surface area contributed by atoms with E-state index in [2.05, 4.69) is 0 Å². The summed E-state index contributed by atoms with van der Waals surface area (Å²) in [4.78, 5) is 7.61. The van der Waals surface area contributed by atoms with Gasteiger partial charge in [-0.05, 0) is 0 Å². The van der Waals surface area contributed by atoms with Crippen molar-refractivity contribution in [3.63, 3.8) is 0 Å². The predicted molar refractivity (Wildman–Crippen MR) is 390 cm³/mol. The molecule has 730 valence electrons. The number of nitrogens with zero attached hydrogens (tertiary/aromatic N) is 5. The second-order valence-electron chi connectivity index (χ2n) is 33.9. The molecular formula is C70H125N5O50. The Morgan fingerprint density at radius 2 is 0.296 bits per heavy atom. The Morgan fingerprint density at radius 3 is 0.416 bits per heavy atom. The third kappa shape index (κ3) is 19.7. The molecule has 0 aromatic heterocycles. The summed E-state index contributed by atoms with van der Waals surface area (Å²) in [5.41, 5.74) is 0. The second kappa shape index (κ2) is 43.2. The van der Waals surface area contributed by atoms with Crippen LogP contribution in [0.25, 0.3) is 0 Å². The Balaban J connectivity index is 0.000000152. The van der Waals surface area contributed by atoms with E-state index in [1.807, 2.05) is 0 Å². The van der Waals surface area contributed by atoms with Crippen molar-refractivity contribution in [2.24, 2.45) is 0 Å². The molecule has 15 heterocycles. The van der Waals surface area contributed by atoms with Gasteiger partial charge in [0, 0.05) is 32.7 Å². The van der Waals surface area contributed by atoms with Crippen molar-refractivity contribution in [3.05, 3.63) is 0 Å². The summed E-state index contributed by atoms with van der Waals surface area (Å²) in [6, 6.07) is -8.12. The molecule has 55 heteroatoms. The Labute approximate surface area is 709 Å². The average Bonchev–Trinajstić information content (AvgIpc) is 1.62. The Kier molecular flexibility index (Phi) is 35.7. The highest BCUT2D eigenvalue weighted by atomic mass is 16.7. The first-order valence-electron chi connectivity index (χ1n) is 40.9. The lowest BCUT2D eigenvalue weighted by molar-refractivity contribution is -0.314. The van der Waals surface area contributed by atoms with Crippen molar-refractivity contribution >= 4 is 0 Å². The van der Waals surface area contributed by atoms with Crippen LogP contribution >= 0.6 is 0 Å². The Bertz CT molecular complexity index is 2810. The zero-order valence-corrected chi connectivity index (χ0v) is 66.6. The summed E-state index contributed by atoms with van der Waals surface area (Å²) >= 11 is 0. The predicted octanol–water partition coefficient (Wildman–Crippen LogP) is -28.4. The van der Waals surface area contributed by atoms with Crippen LogP contribution < -0.4 is 0 Å². The van der Waals surface area contributed by atoms with Crippen LogP contribution in [0.15, 0.2) is 0 Å². The second-order valence-corrected chi connectivity index (χ2v) is 33.9. The van der Waals surface area contributed by atoms with E-state index < -0.39 is 402 Å². The molecule has 0 spiro atoms. The molecule has 0 aliphatic carbocycles. The van der Waals surface area contributed by atoms with Gasteiger partial charge in [-0.1, -0.05) is 0 Å². The molecule has 15 saturated heterocycles. The normalized spacial score (nSPS) is 54.0. The molecule has 55 nitrogen and oxygen atoms in total. The summed E-state index contributed by atoms with van der Waals surface area (Å²) in [6.45, 7) is -4.94. The summed E-state index contributed by atoms with van der Waals surface area (Å²) in [6.07, 6.45) is -59.8. The number of hydrogen-bond acceptors (Lipinski definition) is 55. The molecule has 0 aromatic carbocycles. The zero-order chi connectivity index (χ0) is 92.3. The van der Waals surface area contributed by atoms with E-state index in [1.165, 1.54) is 24.5 Å². The molecule has 125 heavy (non-hydrogen) atoms. The third-order valence-electron chi connectivity index (χ3n) is 26.8. The van der Waals surface area contributed by atoms with Crippen LogP contribution in [0.4, 0.5) is 0 Å². The van der Waals surface area contributed by atoms with E-state index in [0.29, 0.717) is 0 Å². The molecular weight excluding hydrogens is 1710 g/mol. The summed E-state index contributed by atoms with van der Waals surface area (Å²) in [5.74, 6) is 0. The first kappa shape index (κ1) is 103. The molecule has 15 fully saturated rings. The number of hydrogen-bond donors (Lipinski definition) is 40. The van der Waals surface area contributed by atoms with Gasteiger partial charge in [-0.25, -0.2) is 0 Å². The molecule has 40 N–H and O–H groups in total. The molecule has 0 aromatic rings. The van der Waals surface area contributed by atoms with E-state index in [9.17, 15) is 204 Å². The fourth-order valence-electron chi connectivity index (χ4n) is 19.6. The lowest BCUT2D eigenvalue weighted by Crippen LogP contribution is -2.60. The van der Waals surface area contributed by atoms with Crippen molar-refractivity contribution < 1.29 is 252 Å². The van der Waals surface area contributed by atoms with Gasteiger partial charge in [0.15, 0.2) is 31.5 Å². The minimum atomic E-state index is -1.61. The van der Waals surface area contributed by atoms with Gasteiger partial charge in [0.25, 0.3) is 0 Å². The van der Waals surface area contributed by atoms with Crippen molar-refractivity contribution in [2.75, 3.05) is 98.8 Å². The monoisotopic (exact) mass is 1840 g/mol. The quantitative estimate of drug-likeness (QED) is 0.0538. The Hall–Kier alpha value is -2.20. The van der Waals surface area contributed by atoms with Gasteiger partial charge in [-0.2, -0.15) is 0 Å². The first-order valence-corrected chi connectivity index (χ1v) is 40.9. The molecule has 10 unspecified atom stereocenters. The molecule has 15 aliphatic rings. The van der Waals surface area contributed by atoms with Crippen LogP contribution in [0, 0.1) is 0 Å². The SMILES string of the molecule is OCC1O[C@@H](O[C@@H]2CN3[C@H]([C@H]2O)[C@@H](O)[C@H](O)[C@@H]3CO)C(O)[C@@H](O)[C@@H]1O.OCC1O[C@@H](O[C@@H]2CN3[C@H]([C@H]2O)[C@@H](O)[C@H](O)[C@H]3CO)C(O)[C@@H](O)[C@@H]1O.OCC1O[C@@H](O[C@H]2CN3[C@@H]([C@@H](O)[C@H](O)[C@@H]3CO)[C@@H]2O)C(O)[C@@H](O)[C@@H]1O.OCC1O[C@@H](O[C@H]2CN3[C@H]([C@H]2O)[C@@H](O)[C@H](O)[C@@H]3CO)C(O)[C@@H](O)[C@@H]1O.OCC1O[C@@H](O[C@H]2CN3[C@H]([C@H]2O)[C@@H](O)[C@H](O)[C@H]3CO)C(O)[C@@H](O)[C@@H]1O. The van der Waals surface area contributed by atoms with Gasteiger partial charge < -0.3 is 252 Å². The van der Waals surface area contributed by atoms with Crippen LogP contribution in [0.2, 0.25) is 0 Å². The molecule has 15 aliphatic heterocycles. The molecule has 0 amide bonds. The molecule has 55 atom stereocenters. The topological polar surface area (TPSA) is 918 Å². The van der Waals surface area contributed by atoms with Crippen molar-refractivity contribution in [2.45, 2.75) is 336 Å². The average molecular weight is 1840 g/mol. The van der Waals surface area contributed by atoms with Crippen LogP contribution in [-0.4, -0.2) is 664 Å². The van der Waals surface area contributed by atoms with E-state index in [0.717, 1.165) is 0 Å². The highest BCUT2D eigenvalue weighted by molar-refractivity contribution is 5.16. The highest BCUT2D eigenvalue weighted by Gasteiger charge is 2.65. The van der Waals surface area contributed by atoms with Gasteiger partial charge in [-0.3, -0.25) is 24.5 Å². The van der Waals surface area contributed by atoms with Crippen molar-refractivity contribution in [1.29, 1.82) is 0 Å². The maximum absolute atomic E-state index is 10.4. The van der Waals surface area contributed by atoms with E-state index in [-0.39, 0.29) is 32.7 Å². The number of ether oxygens (including phenoxy) is 10. The number of aliphatic hydroxyl groups excluding tert-OH is 40. The lowest BCUT2D eigenvalue weighted by atomic mass is 9.99. The largest absolute Gasteiger partial charge is 0.395 e. The first-order chi connectivity index (χ1) is 59.1. The number of aliphatic hydroxyl groups is 40. The van der Waals surface area contributed by atoms with Crippen molar-refractivity contribution in [1.82, 2.24) is 24.5 Å². The molecule has 0 saturated carbocycles. The van der Waals surface area contributed by atoms with E-state index in [4.69, 9.17) is 47.4 Å². The molecule has 0 radical (unpaired) electrons. The third-order valence-corrected chi connectivity index (χ3v) is 26.8. The number of rotatable bonds is 20. The van der Waals surface area contributed by atoms with Crippen LogP contribution in [0.5, 0.6) is 0 Å². The number of fused-ring (bicyclic) bond motifs is 5. The molecule has 0 bridgehead atoms. The van der Waals surface area contributed by atoms with Crippen molar-refractivity contribution in [3.8, 4) is 0 Å². The maximum Gasteiger partial charge on any atom is 0.187 e. The maximum atomic E-state index is 10.4. The summed E-state index contributed by atoms with van der Waals surface area (Å²) < 4.78 is 53.8. The fourth-order valence-corrected chi connectivity index (χ4v) is 19.6. The minimum absolute atomic E-state index is 0.0419. The zero-order valence-electron chi connectivity index (χ0n) is 66.6. The van der Waals surface area contributed by atoms with Crippen LogP contribution in [-0.2, 0) is 47.4 Å². The van der Waals surface area contributed by atoms with E-state index >= 15 is 0 Å². The van der Waals surface area contributed by atoms with Crippen LogP contribution in [0.3, 0.4) is 0 Å². The smallest absolute Gasteiger partial charge is 0.187 e. The van der Waals surface area contributed by atoms with Crippen LogP contribution in [0.1, 0.15) is 0 Å². The van der Waals surface area contributed by atoms with Gasteiger partial charge in [0.2, 0.25) is 0 Å². The Morgan fingerprint density at radius 1 is 0.160 bits per heavy atom. The van der Waals surface area contributed by atoms with Gasteiger partial charge in [0.1, 0.15) is 153 Å². The van der Waals surface area contributed by atoms with Gasteiger partial charge >= 0.3 is 0 Å². The fraction of sp³-hybridized carbons (Fsp3) is 1.00. The standard InChI is InChI=1S/5C14H25NO10/c5*16-2-4-8(18)11(21)7-9(19)5(1-15(4)7)24-14-13(23)12(22)10(20)6(3-17)25-14/h5*4-14,16-23H,1-3H2/t4-,5+,6?,7+,8+,9-,10+,11+,12-,13?,14+;4-,5+,6?,7-,8-,9+,10-,11-,12+,13?,14-;4-,5-,6?,7+,8+,9+,10+,11+,12-,13?,14+;4-,5-,6?,7+,8+,9-,10+,11+,12-,13?,14+;4-,5-,6?,7-,8-,9+,10-,11-,12+,13?,14-/m01001/s1. The minimum Gasteiger partial charge on any atom is -0.395 e. The van der Waals surface area contributed by atoms with Gasteiger partial charge in [-0.15, -0.1) is 0 Å². The lowest BCUT2D eigenvalue weighted by Gasteiger charge is -2.40. The van der Waals surface area contributed by atoms with Gasteiger partial charge in [0.05, 0.1) is 218 Å². The summed E-state index contributed by atoms with van der Waals surface area (Å²) in [7, 11) is 0. The molecule has 15 rings (SSSR count). The highest BCUT2D eigenvalue weighted by Crippen LogP contribution is 2.43.